The average molecular weight is 392 g/mol. The zero-order chi connectivity index (χ0) is 16.2. The highest BCUT2D eigenvalue weighted by Gasteiger charge is 2.25. The van der Waals surface area contributed by atoms with Gasteiger partial charge >= 0.3 is 0 Å². The van der Waals surface area contributed by atoms with E-state index in [2.05, 4.69) is 15.9 Å². The maximum absolute atomic E-state index is 12.2. The third-order valence-corrected chi connectivity index (χ3v) is 5.65. The first-order chi connectivity index (χ1) is 10.4. The molecule has 22 heavy (non-hydrogen) atoms. The van der Waals surface area contributed by atoms with Crippen LogP contribution in [0.15, 0.2) is 33.6 Å². The van der Waals surface area contributed by atoms with Crippen molar-refractivity contribution in [3.05, 3.63) is 28.7 Å². The molecule has 8 heteroatoms. The molecule has 0 bridgehead atoms. The van der Waals surface area contributed by atoms with Crippen molar-refractivity contribution in [2.24, 2.45) is 0 Å². The summed E-state index contributed by atoms with van der Waals surface area (Å²) < 4.78 is 37.6. The van der Waals surface area contributed by atoms with Crippen LogP contribution in [0.4, 0.5) is 0 Å². The van der Waals surface area contributed by atoms with Crippen LogP contribution in [0.25, 0.3) is 0 Å². The summed E-state index contributed by atoms with van der Waals surface area (Å²) in [5, 5.41) is 0. The summed E-state index contributed by atoms with van der Waals surface area (Å²) in [7, 11) is -3.93. The fourth-order valence-corrected chi connectivity index (χ4v) is 4.08. The molecule has 122 valence electrons. The Hall–Kier alpha value is -0.960. The Kier molecular flexibility index (Phi) is 5.96. The maximum Gasteiger partial charge on any atom is 0.265 e. The number of benzene rings is 1. The molecule has 1 amide bonds. The maximum atomic E-state index is 12.2. The monoisotopic (exact) mass is 391 g/mol. The van der Waals surface area contributed by atoms with Crippen molar-refractivity contribution in [1.29, 1.82) is 0 Å². The number of halogens is 1. The Balaban J connectivity index is 1.93. The highest BCUT2D eigenvalue weighted by molar-refractivity contribution is 9.10. The molecule has 0 unspecified atom stereocenters. The van der Waals surface area contributed by atoms with Gasteiger partial charge in [0.2, 0.25) is 0 Å². The van der Waals surface area contributed by atoms with Gasteiger partial charge in [0, 0.05) is 11.1 Å². The van der Waals surface area contributed by atoms with Crippen LogP contribution < -0.4 is 4.72 Å². The van der Waals surface area contributed by atoms with Gasteiger partial charge < -0.3 is 9.47 Å². The van der Waals surface area contributed by atoms with Gasteiger partial charge in [-0.1, -0.05) is 12.1 Å². The van der Waals surface area contributed by atoms with Crippen molar-refractivity contribution < 1.29 is 22.7 Å². The number of nitrogens with one attached hydrogen (secondary N) is 1. The van der Waals surface area contributed by atoms with Gasteiger partial charge in [-0.15, -0.1) is 0 Å². The minimum atomic E-state index is -3.93. The first kappa shape index (κ1) is 17.4. The Morgan fingerprint density at radius 3 is 2.86 bits per heavy atom. The second-order valence-electron chi connectivity index (χ2n) is 5.01. The van der Waals surface area contributed by atoms with E-state index in [4.69, 9.17) is 9.47 Å². The topological polar surface area (TPSA) is 81.7 Å². The largest absolute Gasteiger partial charge is 0.376 e. The minimum Gasteiger partial charge on any atom is -0.376 e. The molecule has 0 saturated carbocycles. The number of amides is 1. The highest BCUT2D eigenvalue weighted by atomic mass is 79.9. The third kappa shape index (κ3) is 4.52. The number of carbonyl (C=O) groups is 1. The third-order valence-electron chi connectivity index (χ3n) is 3.29. The molecule has 1 aromatic carbocycles. The van der Waals surface area contributed by atoms with E-state index in [9.17, 15) is 13.2 Å². The second-order valence-corrected chi connectivity index (χ2v) is 7.52. The minimum absolute atomic E-state index is 0.00896. The summed E-state index contributed by atoms with van der Waals surface area (Å²) in [4.78, 5) is 12.0. The van der Waals surface area contributed by atoms with Crippen LogP contribution in [0.1, 0.15) is 19.8 Å². The van der Waals surface area contributed by atoms with Gasteiger partial charge in [0.25, 0.3) is 15.9 Å². The Labute approximate surface area is 138 Å². The molecule has 2 rings (SSSR count). The SMILES string of the molecule is C[C@@H](OC[C@@H]1CCCO1)C(=O)NS(=O)(=O)c1ccccc1Br. The number of sulfonamides is 1. The summed E-state index contributed by atoms with van der Waals surface area (Å²) in [6, 6.07) is 6.29. The fraction of sp³-hybridized carbons (Fsp3) is 0.500. The van der Waals surface area contributed by atoms with Crippen LogP contribution in [0.3, 0.4) is 0 Å². The van der Waals surface area contributed by atoms with Crippen molar-refractivity contribution in [2.45, 2.75) is 36.9 Å². The molecular formula is C14H18BrNO5S. The summed E-state index contributed by atoms with van der Waals surface area (Å²) in [6.45, 7) is 2.49. The lowest BCUT2D eigenvalue weighted by molar-refractivity contribution is -0.131. The molecule has 1 N–H and O–H groups in total. The van der Waals surface area contributed by atoms with Gasteiger partial charge in [0.1, 0.15) is 11.0 Å². The molecule has 1 fully saturated rings. The van der Waals surface area contributed by atoms with E-state index < -0.39 is 22.0 Å². The molecule has 0 radical (unpaired) electrons. The van der Waals surface area contributed by atoms with E-state index in [1.165, 1.54) is 13.0 Å². The Morgan fingerprint density at radius 1 is 1.50 bits per heavy atom. The standard InChI is InChI=1S/C14H18BrNO5S/c1-10(21-9-11-5-4-8-20-11)14(17)16-22(18,19)13-7-3-2-6-12(13)15/h2-3,6-7,10-11H,4-5,8-9H2,1H3,(H,16,17)/t10-,11+/m1/s1. The summed E-state index contributed by atoms with van der Waals surface area (Å²) in [6.07, 6.45) is 0.978. The van der Waals surface area contributed by atoms with Gasteiger partial charge in [0.15, 0.2) is 0 Å². The Bertz CT molecular complexity index is 628. The lowest BCUT2D eigenvalue weighted by Gasteiger charge is -2.16. The van der Waals surface area contributed by atoms with E-state index in [1.807, 2.05) is 4.72 Å². The van der Waals surface area contributed by atoms with Gasteiger partial charge in [-0.05, 0) is 47.8 Å². The summed E-state index contributed by atoms with van der Waals surface area (Å²) in [5.41, 5.74) is 0. The van der Waals surface area contributed by atoms with Gasteiger partial charge in [-0.2, -0.15) is 0 Å². The molecule has 1 saturated heterocycles. The van der Waals surface area contributed by atoms with Gasteiger partial charge in [0.05, 0.1) is 12.7 Å². The second kappa shape index (κ2) is 7.54. The van der Waals surface area contributed by atoms with Crippen LogP contribution in [0, 0.1) is 0 Å². The van der Waals surface area contributed by atoms with Crippen LogP contribution in [-0.4, -0.2) is 39.7 Å². The van der Waals surface area contributed by atoms with Crippen LogP contribution >= 0.6 is 15.9 Å². The molecule has 0 aliphatic carbocycles. The number of rotatable bonds is 6. The highest BCUT2D eigenvalue weighted by Crippen LogP contribution is 2.21. The molecule has 6 nitrogen and oxygen atoms in total. The smallest absolute Gasteiger partial charge is 0.265 e. The van der Waals surface area contributed by atoms with E-state index in [-0.39, 0.29) is 17.6 Å². The van der Waals surface area contributed by atoms with Crippen LogP contribution in [0.5, 0.6) is 0 Å². The summed E-state index contributed by atoms with van der Waals surface area (Å²) >= 11 is 3.16. The van der Waals surface area contributed by atoms with E-state index in [0.29, 0.717) is 11.1 Å². The van der Waals surface area contributed by atoms with E-state index in [1.54, 1.807) is 18.2 Å². The molecule has 0 spiro atoms. The van der Waals surface area contributed by atoms with Crippen LogP contribution in [0.2, 0.25) is 0 Å². The fourth-order valence-electron chi connectivity index (χ4n) is 2.04. The summed E-state index contributed by atoms with van der Waals surface area (Å²) in [5.74, 6) is -0.700. The number of hydrogen-bond acceptors (Lipinski definition) is 5. The molecule has 2 atom stereocenters. The van der Waals surface area contributed by atoms with Gasteiger partial charge in [-0.3, -0.25) is 4.79 Å². The van der Waals surface area contributed by atoms with Gasteiger partial charge in [-0.25, -0.2) is 13.1 Å². The quantitative estimate of drug-likeness (QED) is 0.799. The van der Waals surface area contributed by atoms with Crippen molar-refractivity contribution in [2.75, 3.05) is 13.2 Å². The zero-order valence-corrected chi connectivity index (χ0v) is 14.5. The molecule has 1 aromatic rings. The first-order valence-electron chi connectivity index (χ1n) is 6.94. The van der Waals surface area contributed by atoms with Crippen molar-refractivity contribution in [3.63, 3.8) is 0 Å². The van der Waals surface area contributed by atoms with E-state index in [0.717, 1.165) is 12.8 Å². The number of ether oxygens (including phenoxy) is 2. The van der Waals surface area contributed by atoms with Crippen molar-refractivity contribution >= 4 is 31.9 Å². The number of hydrogen-bond donors (Lipinski definition) is 1. The van der Waals surface area contributed by atoms with Crippen molar-refractivity contribution in [3.8, 4) is 0 Å². The van der Waals surface area contributed by atoms with E-state index >= 15 is 0 Å². The average Bonchev–Trinajstić information content (AvgIpc) is 2.97. The molecule has 0 aromatic heterocycles. The van der Waals surface area contributed by atoms with Crippen LogP contribution in [-0.2, 0) is 24.3 Å². The zero-order valence-electron chi connectivity index (χ0n) is 12.1. The molecular weight excluding hydrogens is 374 g/mol. The number of carbonyl (C=O) groups excluding carboxylic acids is 1. The Morgan fingerprint density at radius 2 is 2.23 bits per heavy atom. The first-order valence-corrected chi connectivity index (χ1v) is 9.22. The molecule has 1 aliphatic rings. The lowest BCUT2D eigenvalue weighted by Crippen LogP contribution is -2.39. The molecule has 1 heterocycles. The lowest BCUT2D eigenvalue weighted by atomic mass is 10.2. The normalized spacial score (nSPS) is 19.8. The molecule has 1 aliphatic heterocycles. The van der Waals surface area contributed by atoms with Crippen molar-refractivity contribution in [1.82, 2.24) is 4.72 Å². The predicted molar refractivity (Wildman–Crippen MR) is 83.9 cm³/mol. The predicted octanol–water partition coefficient (Wildman–Crippen LogP) is 1.84.